The van der Waals surface area contributed by atoms with E-state index in [1.165, 1.54) is 231 Å². The third-order valence-corrected chi connectivity index (χ3v) is 13.5. The molecule has 0 aromatic rings. The van der Waals surface area contributed by atoms with Crippen LogP contribution in [0.3, 0.4) is 0 Å². The summed E-state index contributed by atoms with van der Waals surface area (Å²) in [5, 5.41) is 0. The summed E-state index contributed by atoms with van der Waals surface area (Å²) < 4.78 is 16.9. The van der Waals surface area contributed by atoms with E-state index in [9.17, 15) is 14.4 Å². The highest BCUT2D eigenvalue weighted by Crippen LogP contribution is 2.18. The number of carbonyl (C=O) groups excluding carboxylic acids is 3. The first-order valence-corrected chi connectivity index (χ1v) is 29.4. The zero-order valence-electron chi connectivity index (χ0n) is 44.5. The largest absolute Gasteiger partial charge is 0.462 e. The van der Waals surface area contributed by atoms with Crippen molar-refractivity contribution in [2.75, 3.05) is 13.2 Å². The topological polar surface area (TPSA) is 78.9 Å². The van der Waals surface area contributed by atoms with E-state index in [4.69, 9.17) is 14.2 Å². The van der Waals surface area contributed by atoms with E-state index < -0.39 is 6.10 Å². The number of hydrogen-bond acceptors (Lipinski definition) is 6. The summed E-state index contributed by atoms with van der Waals surface area (Å²) in [6.45, 7) is 9.06. The second-order valence-electron chi connectivity index (χ2n) is 20.8. The summed E-state index contributed by atoms with van der Waals surface area (Å²) in [5.74, 6) is -0.00191. The molecule has 6 nitrogen and oxygen atoms in total. The zero-order chi connectivity index (χ0) is 47.4. The van der Waals surface area contributed by atoms with Gasteiger partial charge in [-0.1, -0.05) is 297 Å². The fourth-order valence-corrected chi connectivity index (χ4v) is 9.10. The number of unbranched alkanes of at least 4 members (excludes halogenated alkanes) is 41. The Morgan fingerprint density at radius 2 is 0.508 bits per heavy atom. The van der Waals surface area contributed by atoms with Crippen LogP contribution in [-0.2, 0) is 28.6 Å². The second-order valence-corrected chi connectivity index (χ2v) is 20.8. The average molecular weight is 920 g/mol. The lowest BCUT2D eigenvalue weighted by Gasteiger charge is -2.18. The maximum Gasteiger partial charge on any atom is 0.306 e. The highest BCUT2D eigenvalue weighted by molar-refractivity contribution is 5.71. The van der Waals surface area contributed by atoms with Gasteiger partial charge in [0.25, 0.3) is 0 Å². The Kier molecular flexibility index (Phi) is 52.1. The Hall–Kier alpha value is -1.59. The van der Waals surface area contributed by atoms with Gasteiger partial charge in [-0.3, -0.25) is 14.4 Å². The van der Waals surface area contributed by atoms with E-state index >= 15 is 0 Å². The van der Waals surface area contributed by atoms with Gasteiger partial charge in [-0.15, -0.1) is 0 Å². The third-order valence-electron chi connectivity index (χ3n) is 13.5. The van der Waals surface area contributed by atoms with Gasteiger partial charge in [-0.25, -0.2) is 0 Å². The number of carbonyl (C=O) groups is 3. The summed E-state index contributed by atoms with van der Waals surface area (Å²) in [6.07, 6.45) is 58.0. The minimum absolute atomic E-state index is 0.0618. The lowest BCUT2D eigenvalue weighted by molar-refractivity contribution is -0.167. The van der Waals surface area contributed by atoms with Gasteiger partial charge in [-0.2, -0.15) is 0 Å². The SMILES string of the molecule is CCCCCCCCCCCCCCCCCCCC(=O)OC[C@@H](COC(=O)CCCCCCCCCCCCCCCCC)OC(=O)CCCCCCCCCCCCCCC(C)C. The maximum absolute atomic E-state index is 12.8. The van der Waals surface area contributed by atoms with E-state index in [0.717, 1.165) is 63.7 Å². The molecular weight excluding hydrogens is 805 g/mol. The highest BCUT2D eigenvalue weighted by atomic mass is 16.6. The van der Waals surface area contributed by atoms with Crippen molar-refractivity contribution in [3.63, 3.8) is 0 Å². The Morgan fingerprint density at radius 1 is 0.292 bits per heavy atom. The van der Waals surface area contributed by atoms with Crippen LogP contribution in [-0.4, -0.2) is 37.2 Å². The van der Waals surface area contributed by atoms with E-state index in [0.29, 0.717) is 19.3 Å². The molecule has 6 heteroatoms. The molecule has 0 saturated heterocycles. The number of esters is 3. The third kappa shape index (κ3) is 53.2. The van der Waals surface area contributed by atoms with Gasteiger partial charge < -0.3 is 14.2 Å². The van der Waals surface area contributed by atoms with Gasteiger partial charge >= 0.3 is 17.9 Å². The average Bonchev–Trinajstić information content (AvgIpc) is 3.29. The molecule has 0 saturated carbocycles. The molecule has 386 valence electrons. The number of rotatable bonds is 54. The Balaban J connectivity index is 4.29. The van der Waals surface area contributed by atoms with Crippen molar-refractivity contribution in [3.05, 3.63) is 0 Å². The van der Waals surface area contributed by atoms with Gasteiger partial charge in [0.05, 0.1) is 0 Å². The summed E-state index contributed by atoms with van der Waals surface area (Å²) in [6, 6.07) is 0. The van der Waals surface area contributed by atoms with Crippen LogP contribution in [0, 0.1) is 5.92 Å². The first-order valence-electron chi connectivity index (χ1n) is 29.4. The summed E-state index contributed by atoms with van der Waals surface area (Å²) >= 11 is 0. The van der Waals surface area contributed by atoms with E-state index in [-0.39, 0.29) is 31.1 Å². The van der Waals surface area contributed by atoms with Crippen molar-refractivity contribution in [2.24, 2.45) is 5.92 Å². The molecule has 0 heterocycles. The van der Waals surface area contributed by atoms with Crippen molar-refractivity contribution >= 4 is 17.9 Å². The molecule has 0 radical (unpaired) electrons. The summed E-state index contributed by atoms with van der Waals surface area (Å²) in [5.41, 5.74) is 0. The molecule has 0 aliphatic heterocycles. The van der Waals surface area contributed by atoms with Crippen LogP contribution in [0.15, 0.2) is 0 Å². The number of hydrogen-bond donors (Lipinski definition) is 0. The molecule has 1 atom stereocenters. The molecule has 65 heavy (non-hydrogen) atoms. The van der Waals surface area contributed by atoms with Gasteiger partial charge in [0, 0.05) is 19.3 Å². The minimum atomic E-state index is -0.762. The van der Waals surface area contributed by atoms with Gasteiger partial charge in [0.1, 0.15) is 13.2 Å². The van der Waals surface area contributed by atoms with Crippen LogP contribution in [0.4, 0.5) is 0 Å². The molecular formula is C59H114O6. The molecule has 0 N–H and O–H groups in total. The summed E-state index contributed by atoms with van der Waals surface area (Å²) in [4.78, 5) is 38.2. The van der Waals surface area contributed by atoms with Gasteiger partial charge in [0.15, 0.2) is 6.10 Å². The Morgan fingerprint density at radius 3 is 0.754 bits per heavy atom. The molecule has 0 fully saturated rings. The zero-order valence-corrected chi connectivity index (χ0v) is 44.5. The Labute approximate surface area is 406 Å². The van der Waals surface area contributed by atoms with Crippen molar-refractivity contribution in [1.82, 2.24) is 0 Å². The summed E-state index contributed by atoms with van der Waals surface area (Å²) in [7, 11) is 0. The van der Waals surface area contributed by atoms with Crippen LogP contribution in [0.1, 0.15) is 336 Å². The lowest BCUT2D eigenvalue weighted by Crippen LogP contribution is -2.30. The molecule has 0 aromatic heterocycles. The fraction of sp³-hybridized carbons (Fsp3) is 0.949. The fourth-order valence-electron chi connectivity index (χ4n) is 9.10. The van der Waals surface area contributed by atoms with Crippen LogP contribution in [0.25, 0.3) is 0 Å². The lowest BCUT2D eigenvalue weighted by atomic mass is 10.0. The van der Waals surface area contributed by atoms with Crippen LogP contribution in [0.5, 0.6) is 0 Å². The molecule has 0 unspecified atom stereocenters. The highest BCUT2D eigenvalue weighted by Gasteiger charge is 2.19. The molecule has 0 aliphatic rings. The van der Waals surface area contributed by atoms with Crippen molar-refractivity contribution in [3.8, 4) is 0 Å². The predicted octanol–water partition coefficient (Wildman–Crippen LogP) is 19.4. The van der Waals surface area contributed by atoms with E-state index in [1.54, 1.807) is 0 Å². The monoisotopic (exact) mass is 919 g/mol. The van der Waals surface area contributed by atoms with Crippen molar-refractivity contribution < 1.29 is 28.6 Å². The Bertz CT molecular complexity index is 980. The minimum Gasteiger partial charge on any atom is -0.462 e. The van der Waals surface area contributed by atoms with Crippen LogP contribution < -0.4 is 0 Å². The van der Waals surface area contributed by atoms with Gasteiger partial charge in [0.2, 0.25) is 0 Å². The standard InChI is InChI=1S/C59H114O6/c1-5-7-9-11-13-15-17-19-21-22-24-26-31-35-39-43-47-51-58(61)64-54-56(65-59(62)52-48-44-40-36-32-28-27-29-33-37-41-45-49-55(3)4)53-63-57(60)50-46-42-38-34-30-25-23-20-18-16-14-12-10-8-6-2/h55-56H,5-54H2,1-4H3/t56-/m1/s1. The molecule has 0 rings (SSSR count). The quantitative estimate of drug-likeness (QED) is 0.0344. The predicted molar refractivity (Wildman–Crippen MR) is 280 cm³/mol. The first kappa shape index (κ1) is 63.4. The van der Waals surface area contributed by atoms with Crippen LogP contribution >= 0.6 is 0 Å². The maximum atomic E-state index is 12.8. The van der Waals surface area contributed by atoms with Crippen molar-refractivity contribution in [1.29, 1.82) is 0 Å². The van der Waals surface area contributed by atoms with E-state index in [1.807, 2.05) is 0 Å². The molecule has 0 aromatic carbocycles. The first-order chi connectivity index (χ1) is 31.9. The number of ether oxygens (including phenoxy) is 3. The normalized spacial score (nSPS) is 12.0. The van der Waals surface area contributed by atoms with Crippen LogP contribution in [0.2, 0.25) is 0 Å². The van der Waals surface area contributed by atoms with E-state index in [2.05, 4.69) is 27.7 Å². The molecule has 0 amide bonds. The molecule has 0 aliphatic carbocycles. The van der Waals surface area contributed by atoms with Gasteiger partial charge in [-0.05, 0) is 25.2 Å². The van der Waals surface area contributed by atoms with Crippen molar-refractivity contribution in [2.45, 2.75) is 342 Å². The molecule has 0 spiro atoms. The second kappa shape index (κ2) is 53.4. The smallest absolute Gasteiger partial charge is 0.306 e. The molecule has 0 bridgehead atoms.